The fourth-order valence-corrected chi connectivity index (χ4v) is 7.01. The van der Waals surface area contributed by atoms with Gasteiger partial charge in [-0.1, -0.05) is 63.3 Å². The van der Waals surface area contributed by atoms with Gasteiger partial charge in [-0.15, -0.1) is 0 Å². The molecule has 4 aliphatic carbocycles. The first-order chi connectivity index (χ1) is 11.6. The second-order valence-electron chi connectivity index (χ2n) is 9.08. The highest BCUT2D eigenvalue weighted by Crippen LogP contribution is 2.63. The molecule has 0 heterocycles. The lowest BCUT2D eigenvalue weighted by Crippen LogP contribution is -2.43. The van der Waals surface area contributed by atoms with Crippen molar-refractivity contribution in [1.29, 1.82) is 0 Å². The minimum absolute atomic E-state index is 0.690. The van der Waals surface area contributed by atoms with Gasteiger partial charge in [-0.25, -0.2) is 0 Å². The van der Waals surface area contributed by atoms with Crippen molar-refractivity contribution >= 4 is 0 Å². The largest absolute Gasteiger partial charge is 0.0812 e. The summed E-state index contributed by atoms with van der Waals surface area (Å²) < 4.78 is 0. The van der Waals surface area contributed by atoms with Gasteiger partial charge in [-0.3, -0.25) is 0 Å². The Morgan fingerprint density at radius 1 is 1.12 bits per heavy atom. The topological polar surface area (TPSA) is 0 Å². The van der Waals surface area contributed by atoms with Crippen LogP contribution in [0.4, 0.5) is 0 Å². The third-order valence-corrected chi connectivity index (χ3v) is 8.11. The number of fused-ring (bicyclic) bond motifs is 4. The molecule has 2 saturated carbocycles. The van der Waals surface area contributed by atoms with Gasteiger partial charge >= 0.3 is 0 Å². The van der Waals surface area contributed by atoms with Gasteiger partial charge in [-0.05, 0) is 87.4 Å². The number of rotatable bonds is 2. The number of hydrogen-bond acceptors (Lipinski definition) is 0. The second kappa shape index (κ2) is 7.38. The van der Waals surface area contributed by atoms with Crippen molar-refractivity contribution in [3.63, 3.8) is 0 Å². The van der Waals surface area contributed by atoms with Crippen molar-refractivity contribution in [3.8, 4) is 0 Å². The van der Waals surface area contributed by atoms with Crippen LogP contribution < -0.4 is 0 Å². The first kappa shape index (κ1) is 18.3. The average Bonchev–Trinajstić information content (AvgIpc) is 2.93. The Balaban J connectivity index is 0.000000815. The summed E-state index contributed by atoms with van der Waals surface area (Å²) in [5, 5.41) is 0. The van der Waals surface area contributed by atoms with E-state index in [1.54, 1.807) is 12.0 Å². The van der Waals surface area contributed by atoms with E-state index in [4.69, 9.17) is 0 Å². The first-order valence-corrected chi connectivity index (χ1v) is 11.0. The molecule has 2 fully saturated rings. The summed E-state index contributed by atoms with van der Waals surface area (Å²) in [7, 11) is 0. The normalized spacial score (nSPS) is 40.8. The van der Waals surface area contributed by atoms with Gasteiger partial charge in [0.15, 0.2) is 0 Å². The van der Waals surface area contributed by atoms with E-state index in [0.29, 0.717) is 5.41 Å². The highest BCUT2D eigenvalue weighted by molar-refractivity contribution is 5.33. The van der Waals surface area contributed by atoms with Gasteiger partial charge in [0, 0.05) is 0 Å². The average molecular weight is 329 g/mol. The molecular weight excluding hydrogens is 288 g/mol. The molecule has 4 aliphatic rings. The molecule has 136 valence electrons. The van der Waals surface area contributed by atoms with Crippen LogP contribution in [0.1, 0.15) is 98.8 Å². The Bertz CT molecular complexity index is 508. The van der Waals surface area contributed by atoms with Crippen molar-refractivity contribution in [2.24, 2.45) is 29.1 Å². The Labute approximate surface area is 151 Å². The van der Waals surface area contributed by atoms with Crippen molar-refractivity contribution in [1.82, 2.24) is 0 Å². The Kier molecular flexibility index (Phi) is 5.62. The minimum Gasteiger partial charge on any atom is -0.0812 e. The van der Waals surface area contributed by atoms with Crippen molar-refractivity contribution < 1.29 is 0 Å². The lowest BCUT2D eigenvalue weighted by atomic mass is 9.53. The van der Waals surface area contributed by atoms with E-state index in [2.05, 4.69) is 26.8 Å². The fourth-order valence-electron chi connectivity index (χ4n) is 7.01. The maximum Gasteiger partial charge on any atom is -0.0108 e. The molecule has 0 radical (unpaired) electrons. The minimum atomic E-state index is 0.690. The Morgan fingerprint density at radius 3 is 2.67 bits per heavy atom. The van der Waals surface area contributed by atoms with Crippen LogP contribution >= 0.6 is 0 Å². The molecule has 0 aliphatic heterocycles. The van der Waals surface area contributed by atoms with E-state index in [1.807, 2.05) is 25.0 Å². The molecule has 0 spiro atoms. The Morgan fingerprint density at radius 2 is 1.92 bits per heavy atom. The molecule has 0 heteroatoms. The van der Waals surface area contributed by atoms with Crippen molar-refractivity contribution in [2.75, 3.05) is 0 Å². The zero-order chi connectivity index (χ0) is 17.3. The quantitative estimate of drug-likeness (QED) is 0.455. The summed E-state index contributed by atoms with van der Waals surface area (Å²) in [5.74, 6) is 4.08. The molecule has 5 atom stereocenters. The van der Waals surface area contributed by atoms with E-state index in [0.717, 1.165) is 23.7 Å². The maximum absolute atomic E-state index is 2.68. The SMILES string of the molecule is CC.CCC[C@H]1CCC2C3CCC4=C(CC=C(C)C4)C3CC[C@@]21C. The van der Waals surface area contributed by atoms with Crippen LogP contribution in [-0.2, 0) is 0 Å². The third kappa shape index (κ3) is 2.93. The molecular formula is C24H40. The molecule has 0 amide bonds. The van der Waals surface area contributed by atoms with Gasteiger partial charge in [0.25, 0.3) is 0 Å². The maximum atomic E-state index is 2.68. The summed E-state index contributed by atoms with van der Waals surface area (Å²) in [5.41, 5.74) is 6.08. The van der Waals surface area contributed by atoms with Crippen LogP contribution in [-0.4, -0.2) is 0 Å². The Hall–Kier alpha value is -0.520. The molecule has 0 aromatic rings. The van der Waals surface area contributed by atoms with Gasteiger partial charge < -0.3 is 0 Å². The van der Waals surface area contributed by atoms with Gasteiger partial charge in [0.05, 0.1) is 0 Å². The molecule has 0 bridgehead atoms. The summed E-state index contributed by atoms with van der Waals surface area (Å²) in [4.78, 5) is 0. The van der Waals surface area contributed by atoms with Crippen LogP contribution in [0.25, 0.3) is 0 Å². The van der Waals surface area contributed by atoms with E-state index in [-0.39, 0.29) is 0 Å². The molecule has 24 heavy (non-hydrogen) atoms. The molecule has 0 N–H and O–H groups in total. The molecule has 3 unspecified atom stereocenters. The molecule has 0 saturated heterocycles. The number of allylic oxidation sites excluding steroid dienone is 4. The van der Waals surface area contributed by atoms with Gasteiger partial charge in [0.1, 0.15) is 0 Å². The second-order valence-corrected chi connectivity index (χ2v) is 9.08. The number of hydrogen-bond donors (Lipinski definition) is 0. The van der Waals surface area contributed by atoms with Crippen LogP contribution in [0.2, 0.25) is 0 Å². The molecule has 0 aromatic carbocycles. The summed E-state index contributed by atoms with van der Waals surface area (Å²) >= 11 is 0. The van der Waals surface area contributed by atoms with Crippen molar-refractivity contribution in [2.45, 2.75) is 98.8 Å². The first-order valence-electron chi connectivity index (χ1n) is 11.0. The lowest BCUT2D eigenvalue weighted by molar-refractivity contribution is 0.0120. The predicted octanol–water partition coefficient (Wildman–Crippen LogP) is 7.70. The van der Waals surface area contributed by atoms with Crippen LogP contribution in [0.3, 0.4) is 0 Å². The molecule has 0 nitrogen and oxygen atoms in total. The third-order valence-electron chi connectivity index (χ3n) is 8.11. The van der Waals surface area contributed by atoms with Crippen LogP contribution in [0.15, 0.2) is 22.8 Å². The zero-order valence-corrected chi connectivity index (χ0v) is 17.0. The van der Waals surface area contributed by atoms with Crippen LogP contribution in [0, 0.1) is 29.1 Å². The smallest absolute Gasteiger partial charge is 0.0108 e. The molecule has 0 aromatic heterocycles. The standard InChI is InChI=1S/C22H34.C2H6/c1-4-5-17-8-11-21-20-10-7-16-14-15(2)6-9-18(16)19(20)12-13-22(17,21)3;1-2/h6,17,19-21H,4-5,7-14H2,1-3H3;1-2H3/t17-,19?,20?,21?,22+;/m0./s1. The van der Waals surface area contributed by atoms with E-state index in [9.17, 15) is 0 Å². The summed E-state index contributed by atoms with van der Waals surface area (Å²) in [6.07, 6.45) is 17.0. The highest BCUT2D eigenvalue weighted by Gasteiger charge is 2.54. The van der Waals surface area contributed by atoms with Crippen LogP contribution in [0.5, 0.6) is 0 Å². The monoisotopic (exact) mass is 328 g/mol. The molecule has 4 rings (SSSR count). The van der Waals surface area contributed by atoms with Gasteiger partial charge in [0.2, 0.25) is 0 Å². The van der Waals surface area contributed by atoms with E-state index < -0.39 is 0 Å². The summed E-state index contributed by atoms with van der Waals surface area (Å²) in [6, 6.07) is 0. The van der Waals surface area contributed by atoms with E-state index >= 15 is 0 Å². The van der Waals surface area contributed by atoms with Crippen molar-refractivity contribution in [3.05, 3.63) is 22.8 Å². The highest BCUT2D eigenvalue weighted by atomic mass is 14.6. The fraction of sp³-hybridized carbons (Fsp3) is 0.833. The summed E-state index contributed by atoms with van der Waals surface area (Å²) in [6.45, 7) is 11.4. The predicted molar refractivity (Wildman–Crippen MR) is 106 cm³/mol. The lowest BCUT2D eigenvalue weighted by Gasteiger charge is -2.52. The van der Waals surface area contributed by atoms with Gasteiger partial charge in [-0.2, -0.15) is 0 Å². The van der Waals surface area contributed by atoms with E-state index in [1.165, 1.54) is 57.8 Å². The zero-order valence-electron chi connectivity index (χ0n) is 17.0.